The maximum Gasteiger partial charge on any atom is 0.307 e. The molecule has 0 aliphatic rings. The molecule has 28 heavy (non-hydrogen) atoms. The molecule has 0 fully saturated rings. The predicted molar refractivity (Wildman–Crippen MR) is 112 cm³/mol. The first-order valence-corrected chi connectivity index (χ1v) is 10.4. The van der Waals surface area contributed by atoms with Crippen LogP contribution >= 0.6 is 23.1 Å². The molecule has 1 amide bonds. The molecule has 0 atom stereocenters. The summed E-state index contributed by atoms with van der Waals surface area (Å²) in [6.45, 7) is 1.58. The molecule has 0 saturated heterocycles. The number of anilines is 1. The van der Waals surface area contributed by atoms with Gasteiger partial charge in [0.1, 0.15) is 5.75 Å². The maximum absolute atomic E-state index is 12.0. The molecule has 8 heteroatoms. The third kappa shape index (κ3) is 5.46. The van der Waals surface area contributed by atoms with Gasteiger partial charge in [0.25, 0.3) is 5.91 Å². The first kappa shape index (κ1) is 20.2. The van der Waals surface area contributed by atoms with Gasteiger partial charge in [-0.05, 0) is 36.8 Å². The van der Waals surface area contributed by atoms with Crippen molar-refractivity contribution < 1.29 is 19.1 Å². The highest BCUT2D eigenvalue weighted by molar-refractivity contribution is 8.01. The molecule has 0 aliphatic heterocycles. The number of thiazole rings is 1. The summed E-state index contributed by atoms with van der Waals surface area (Å²) in [7, 11) is 1.53. The highest BCUT2D eigenvalue weighted by Crippen LogP contribution is 2.29. The highest BCUT2D eigenvalue weighted by Gasteiger charge is 2.12. The second kappa shape index (κ2) is 9.57. The molecule has 146 valence electrons. The number of hydrogen-bond acceptors (Lipinski definition) is 7. The number of aryl methyl sites for hydroxylation is 1. The normalized spacial score (nSPS) is 10.6. The summed E-state index contributed by atoms with van der Waals surface area (Å²) >= 11 is 3.10. The number of ether oxygens (including phenoxy) is 2. The van der Waals surface area contributed by atoms with Crippen LogP contribution in [0.5, 0.6) is 5.75 Å². The number of nitrogens with zero attached hydrogens (tertiary/aromatic N) is 1. The quantitative estimate of drug-likeness (QED) is 0.436. The lowest BCUT2D eigenvalue weighted by Gasteiger charge is -2.11. The molecule has 0 saturated carbocycles. The van der Waals surface area contributed by atoms with Gasteiger partial charge in [-0.3, -0.25) is 9.59 Å². The van der Waals surface area contributed by atoms with E-state index in [9.17, 15) is 9.59 Å². The van der Waals surface area contributed by atoms with Crippen LogP contribution in [-0.2, 0) is 14.3 Å². The summed E-state index contributed by atoms with van der Waals surface area (Å²) in [5, 5.41) is 2.70. The fourth-order valence-corrected chi connectivity index (χ4v) is 4.52. The summed E-state index contributed by atoms with van der Waals surface area (Å²) in [6, 6.07) is 13.4. The summed E-state index contributed by atoms with van der Waals surface area (Å²) in [5.74, 6) is 0.278. The van der Waals surface area contributed by atoms with Crippen LogP contribution in [0, 0.1) is 6.92 Å². The Bertz CT molecular complexity index is 954. The Hall–Kier alpha value is -2.58. The molecule has 1 heterocycles. The lowest BCUT2D eigenvalue weighted by atomic mass is 10.2. The first-order valence-electron chi connectivity index (χ1n) is 8.63. The van der Waals surface area contributed by atoms with Crippen molar-refractivity contribution in [3.63, 3.8) is 0 Å². The van der Waals surface area contributed by atoms with Crippen molar-refractivity contribution in [2.75, 3.05) is 24.8 Å². The van der Waals surface area contributed by atoms with Crippen LogP contribution in [0.4, 0.5) is 5.69 Å². The highest BCUT2D eigenvalue weighted by atomic mass is 32.2. The Morgan fingerprint density at radius 2 is 2.04 bits per heavy atom. The molecule has 0 radical (unpaired) electrons. The molecule has 6 nitrogen and oxygen atoms in total. The monoisotopic (exact) mass is 416 g/mol. The molecule has 0 aliphatic carbocycles. The molecule has 3 aromatic rings. The van der Waals surface area contributed by atoms with E-state index < -0.39 is 11.9 Å². The molecule has 2 aromatic carbocycles. The van der Waals surface area contributed by atoms with Crippen molar-refractivity contribution in [3.8, 4) is 5.75 Å². The Morgan fingerprint density at radius 3 is 2.82 bits per heavy atom. The zero-order valence-corrected chi connectivity index (χ0v) is 17.2. The lowest BCUT2D eigenvalue weighted by molar-refractivity contribution is -0.146. The number of carbonyl (C=O) groups is 2. The van der Waals surface area contributed by atoms with Crippen molar-refractivity contribution in [2.45, 2.75) is 17.7 Å². The van der Waals surface area contributed by atoms with Gasteiger partial charge in [-0.15, -0.1) is 11.3 Å². The molecule has 1 N–H and O–H groups in total. The van der Waals surface area contributed by atoms with E-state index in [1.54, 1.807) is 23.5 Å². The zero-order chi connectivity index (χ0) is 19.9. The molecule has 3 rings (SSSR count). The Labute approximate surface area is 171 Å². The largest absolute Gasteiger partial charge is 0.495 e. The number of aromatic nitrogens is 1. The minimum absolute atomic E-state index is 0.210. The third-order valence-electron chi connectivity index (χ3n) is 3.80. The van der Waals surface area contributed by atoms with E-state index in [-0.39, 0.29) is 13.0 Å². The number of nitrogens with one attached hydrogen (secondary N) is 1. The van der Waals surface area contributed by atoms with Crippen molar-refractivity contribution in [2.24, 2.45) is 0 Å². The van der Waals surface area contributed by atoms with Crippen LogP contribution in [0.25, 0.3) is 10.2 Å². The molecule has 0 bridgehead atoms. The average Bonchev–Trinajstić information content (AvgIpc) is 3.09. The summed E-state index contributed by atoms with van der Waals surface area (Å²) < 4.78 is 12.3. The average molecular weight is 417 g/mol. The minimum Gasteiger partial charge on any atom is -0.495 e. The van der Waals surface area contributed by atoms with Gasteiger partial charge in [-0.25, -0.2) is 4.98 Å². The van der Waals surface area contributed by atoms with Gasteiger partial charge in [0.15, 0.2) is 10.9 Å². The predicted octanol–water partition coefficient (Wildman–Crippen LogP) is 4.28. The molecular weight excluding hydrogens is 396 g/mol. The number of fused-ring (bicyclic) bond motifs is 1. The fourth-order valence-electron chi connectivity index (χ4n) is 2.46. The van der Waals surface area contributed by atoms with Gasteiger partial charge >= 0.3 is 5.97 Å². The number of rotatable bonds is 8. The van der Waals surface area contributed by atoms with E-state index in [4.69, 9.17) is 9.47 Å². The Morgan fingerprint density at radius 1 is 1.21 bits per heavy atom. The number of esters is 1. The number of para-hydroxylation sites is 1. The SMILES string of the molecule is COc1ccc(C)cc1NC(=O)COC(=O)CCSc1nc2ccccc2s1. The van der Waals surface area contributed by atoms with Gasteiger partial charge in [0, 0.05) is 5.75 Å². The minimum atomic E-state index is -0.417. The van der Waals surface area contributed by atoms with Gasteiger partial charge in [0.2, 0.25) is 0 Å². The smallest absolute Gasteiger partial charge is 0.307 e. The zero-order valence-electron chi connectivity index (χ0n) is 15.6. The van der Waals surface area contributed by atoms with Crippen molar-refractivity contribution in [1.82, 2.24) is 4.98 Å². The Balaban J connectivity index is 1.41. The number of benzene rings is 2. The molecular formula is C20H20N2O4S2. The van der Waals surface area contributed by atoms with Gasteiger partial charge in [-0.1, -0.05) is 30.0 Å². The molecule has 0 spiro atoms. The van der Waals surface area contributed by atoms with Crippen LogP contribution < -0.4 is 10.1 Å². The second-order valence-electron chi connectivity index (χ2n) is 5.96. The van der Waals surface area contributed by atoms with Gasteiger partial charge < -0.3 is 14.8 Å². The van der Waals surface area contributed by atoms with Crippen molar-refractivity contribution in [1.29, 1.82) is 0 Å². The first-order chi connectivity index (χ1) is 13.5. The van der Waals surface area contributed by atoms with Crippen LogP contribution in [0.2, 0.25) is 0 Å². The number of carbonyl (C=O) groups excluding carboxylic acids is 2. The van der Waals surface area contributed by atoms with Crippen molar-refractivity contribution >= 4 is 50.9 Å². The lowest BCUT2D eigenvalue weighted by Crippen LogP contribution is -2.21. The Kier molecular flexibility index (Phi) is 6.89. The van der Waals surface area contributed by atoms with E-state index in [0.29, 0.717) is 17.2 Å². The van der Waals surface area contributed by atoms with E-state index in [1.807, 2.05) is 37.3 Å². The number of methoxy groups -OCH3 is 1. The van der Waals surface area contributed by atoms with E-state index >= 15 is 0 Å². The molecule has 1 aromatic heterocycles. The number of hydrogen-bond donors (Lipinski definition) is 1. The standard InChI is InChI=1S/C20H20N2O4S2/c1-13-7-8-16(25-2)15(11-13)21-18(23)12-26-19(24)9-10-27-20-22-14-5-3-4-6-17(14)28-20/h3-8,11H,9-10,12H2,1-2H3,(H,21,23). The van der Waals surface area contributed by atoms with Crippen LogP contribution in [0.15, 0.2) is 46.8 Å². The maximum atomic E-state index is 12.0. The van der Waals surface area contributed by atoms with Crippen molar-refractivity contribution in [3.05, 3.63) is 48.0 Å². The summed E-state index contributed by atoms with van der Waals surface area (Å²) in [4.78, 5) is 28.4. The third-order valence-corrected chi connectivity index (χ3v) is 5.98. The topological polar surface area (TPSA) is 77.5 Å². The van der Waals surface area contributed by atoms with E-state index in [0.717, 1.165) is 20.1 Å². The number of thioether (sulfide) groups is 1. The van der Waals surface area contributed by atoms with E-state index in [1.165, 1.54) is 18.9 Å². The van der Waals surface area contributed by atoms with Crippen LogP contribution in [0.3, 0.4) is 0 Å². The summed E-state index contributed by atoms with van der Waals surface area (Å²) in [5.41, 5.74) is 2.50. The second-order valence-corrected chi connectivity index (χ2v) is 8.33. The molecule has 0 unspecified atom stereocenters. The van der Waals surface area contributed by atoms with Gasteiger partial charge in [-0.2, -0.15) is 0 Å². The van der Waals surface area contributed by atoms with E-state index in [2.05, 4.69) is 10.3 Å². The van der Waals surface area contributed by atoms with Gasteiger partial charge in [0.05, 0.1) is 29.4 Å². The number of amides is 1. The van der Waals surface area contributed by atoms with Crippen LogP contribution in [-0.4, -0.2) is 36.3 Å². The van der Waals surface area contributed by atoms with Crippen LogP contribution in [0.1, 0.15) is 12.0 Å². The fraction of sp³-hybridized carbons (Fsp3) is 0.250. The summed E-state index contributed by atoms with van der Waals surface area (Å²) in [6.07, 6.45) is 0.210.